The monoisotopic (exact) mass is 282 g/mol. The van der Waals surface area contributed by atoms with Gasteiger partial charge in [0.1, 0.15) is 11.6 Å². The van der Waals surface area contributed by atoms with Crippen LogP contribution in [0.5, 0.6) is 0 Å². The summed E-state index contributed by atoms with van der Waals surface area (Å²) in [5, 5.41) is 3.39. The van der Waals surface area contributed by atoms with Crippen LogP contribution < -0.4 is 5.32 Å². The molecule has 1 heterocycles. The van der Waals surface area contributed by atoms with Gasteiger partial charge in [-0.2, -0.15) is 0 Å². The summed E-state index contributed by atoms with van der Waals surface area (Å²) in [4.78, 5) is 3.79. The Morgan fingerprint density at radius 2 is 2.11 bits per heavy atom. The maximum atomic E-state index is 14.0. The lowest BCUT2D eigenvalue weighted by atomic mass is 9.99. The molecule has 0 saturated carbocycles. The fourth-order valence-electron chi connectivity index (χ4n) is 1.96. The molecular weight excluding hydrogens is 270 g/mol. The molecule has 1 aromatic carbocycles. The van der Waals surface area contributed by atoms with E-state index in [1.807, 2.05) is 6.92 Å². The van der Waals surface area contributed by atoms with E-state index in [1.54, 1.807) is 6.07 Å². The SMILES string of the molecule is CCNC(c1cncc(F)c1)c1c(F)cccc1Cl. The smallest absolute Gasteiger partial charge is 0.141 e. The fraction of sp³-hybridized carbons (Fsp3) is 0.214. The molecule has 100 valence electrons. The van der Waals surface area contributed by atoms with E-state index in [0.717, 1.165) is 6.20 Å². The van der Waals surface area contributed by atoms with Gasteiger partial charge in [0.2, 0.25) is 0 Å². The first kappa shape index (κ1) is 13.9. The molecule has 1 aromatic heterocycles. The third-order valence-corrected chi connectivity index (χ3v) is 3.09. The summed E-state index contributed by atoms with van der Waals surface area (Å²) in [6.07, 6.45) is 2.61. The summed E-state index contributed by atoms with van der Waals surface area (Å²) < 4.78 is 27.2. The molecule has 0 fully saturated rings. The van der Waals surface area contributed by atoms with E-state index in [-0.39, 0.29) is 0 Å². The van der Waals surface area contributed by atoms with Crippen molar-refractivity contribution in [2.45, 2.75) is 13.0 Å². The average molecular weight is 283 g/mol. The summed E-state index contributed by atoms with van der Waals surface area (Å²) in [5.74, 6) is -0.893. The second-order valence-corrected chi connectivity index (χ2v) is 4.47. The molecule has 0 aliphatic rings. The highest BCUT2D eigenvalue weighted by Crippen LogP contribution is 2.30. The summed E-state index contributed by atoms with van der Waals surface area (Å²) >= 11 is 6.06. The standard InChI is InChI=1S/C14H13ClF2N2/c1-2-19-14(9-6-10(16)8-18-7-9)13-11(15)4-3-5-12(13)17/h3-8,14,19H,2H2,1H3. The summed E-state index contributed by atoms with van der Waals surface area (Å²) in [7, 11) is 0. The number of halogens is 3. The van der Waals surface area contributed by atoms with Crippen LogP contribution in [0.4, 0.5) is 8.78 Å². The minimum atomic E-state index is -0.526. The maximum absolute atomic E-state index is 14.0. The van der Waals surface area contributed by atoms with Gasteiger partial charge in [0.25, 0.3) is 0 Å². The molecule has 0 aliphatic carbocycles. The lowest BCUT2D eigenvalue weighted by Crippen LogP contribution is -2.23. The number of pyridine rings is 1. The van der Waals surface area contributed by atoms with Crippen molar-refractivity contribution < 1.29 is 8.78 Å². The van der Waals surface area contributed by atoms with E-state index in [9.17, 15) is 8.78 Å². The number of hydrogen-bond acceptors (Lipinski definition) is 2. The Bertz CT molecular complexity index is 555. The zero-order valence-electron chi connectivity index (χ0n) is 10.3. The molecule has 0 bridgehead atoms. The van der Waals surface area contributed by atoms with Gasteiger partial charge in [-0.15, -0.1) is 0 Å². The third-order valence-electron chi connectivity index (χ3n) is 2.76. The van der Waals surface area contributed by atoms with Gasteiger partial charge in [-0.1, -0.05) is 24.6 Å². The Hall–Kier alpha value is -1.52. The van der Waals surface area contributed by atoms with Gasteiger partial charge < -0.3 is 5.32 Å². The van der Waals surface area contributed by atoms with Gasteiger partial charge in [0, 0.05) is 16.8 Å². The first-order valence-electron chi connectivity index (χ1n) is 5.91. The Balaban J connectivity index is 2.51. The van der Waals surface area contributed by atoms with E-state index in [2.05, 4.69) is 10.3 Å². The van der Waals surface area contributed by atoms with Crippen molar-refractivity contribution in [2.75, 3.05) is 6.54 Å². The van der Waals surface area contributed by atoms with Crippen LogP contribution in [0.3, 0.4) is 0 Å². The molecule has 0 spiro atoms. The highest BCUT2D eigenvalue weighted by molar-refractivity contribution is 6.31. The number of benzene rings is 1. The minimum Gasteiger partial charge on any atom is -0.306 e. The average Bonchev–Trinajstić information content (AvgIpc) is 2.37. The molecule has 0 amide bonds. The van der Waals surface area contributed by atoms with Gasteiger partial charge in [-0.05, 0) is 30.3 Å². The predicted molar refractivity (Wildman–Crippen MR) is 71.1 cm³/mol. The normalized spacial score (nSPS) is 12.4. The number of nitrogens with zero attached hydrogens (tertiary/aromatic N) is 1. The first-order chi connectivity index (χ1) is 9.13. The van der Waals surface area contributed by atoms with E-state index in [1.165, 1.54) is 24.4 Å². The van der Waals surface area contributed by atoms with Crippen molar-refractivity contribution in [3.63, 3.8) is 0 Å². The predicted octanol–water partition coefficient (Wildman–Crippen LogP) is 3.71. The van der Waals surface area contributed by atoms with Crippen LogP contribution in [0.1, 0.15) is 24.1 Å². The van der Waals surface area contributed by atoms with E-state index < -0.39 is 17.7 Å². The van der Waals surface area contributed by atoms with Crippen LogP contribution in [0.2, 0.25) is 5.02 Å². The summed E-state index contributed by atoms with van der Waals surface area (Å²) in [5.41, 5.74) is 0.840. The molecule has 0 radical (unpaired) electrons. The van der Waals surface area contributed by atoms with Crippen LogP contribution in [0.15, 0.2) is 36.7 Å². The molecule has 2 aromatic rings. The Morgan fingerprint density at radius 3 is 2.74 bits per heavy atom. The molecule has 2 nitrogen and oxygen atoms in total. The molecule has 0 saturated heterocycles. The second-order valence-electron chi connectivity index (χ2n) is 4.06. The number of aromatic nitrogens is 1. The third kappa shape index (κ3) is 3.08. The number of rotatable bonds is 4. The van der Waals surface area contributed by atoms with Crippen LogP contribution in [0, 0.1) is 11.6 Å². The fourth-order valence-corrected chi connectivity index (χ4v) is 2.24. The van der Waals surface area contributed by atoms with Gasteiger partial charge in [0.05, 0.1) is 12.2 Å². The van der Waals surface area contributed by atoms with Crippen molar-refractivity contribution in [1.29, 1.82) is 0 Å². The molecule has 0 aliphatic heterocycles. The van der Waals surface area contributed by atoms with Crippen LogP contribution in [-0.4, -0.2) is 11.5 Å². The van der Waals surface area contributed by atoms with Crippen LogP contribution in [-0.2, 0) is 0 Å². The minimum absolute atomic E-state index is 0.301. The Kier molecular flexibility index (Phi) is 4.45. The number of hydrogen-bond donors (Lipinski definition) is 1. The van der Waals surface area contributed by atoms with Crippen molar-refractivity contribution in [2.24, 2.45) is 0 Å². The van der Waals surface area contributed by atoms with Gasteiger partial charge in [0.15, 0.2) is 0 Å². The Labute approximate surface area is 115 Å². The summed E-state index contributed by atoms with van der Waals surface area (Å²) in [6.45, 7) is 2.47. The largest absolute Gasteiger partial charge is 0.306 e. The van der Waals surface area contributed by atoms with E-state index in [4.69, 9.17) is 11.6 Å². The topological polar surface area (TPSA) is 24.9 Å². The highest BCUT2D eigenvalue weighted by Gasteiger charge is 2.20. The molecule has 1 N–H and O–H groups in total. The van der Waals surface area contributed by atoms with Crippen molar-refractivity contribution >= 4 is 11.6 Å². The lowest BCUT2D eigenvalue weighted by Gasteiger charge is -2.20. The lowest BCUT2D eigenvalue weighted by molar-refractivity contribution is 0.552. The first-order valence-corrected chi connectivity index (χ1v) is 6.29. The van der Waals surface area contributed by atoms with Crippen molar-refractivity contribution in [3.05, 3.63) is 64.4 Å². The van der Waals surface area contributed by atoms with E-state index >= 15 is 0 Å². The quantitative estimate of drug-likeness (QED) is 0.925. The van der Waals surface area contributed by atoms with E-state index in [0.29, 0.717) is 22.7 Å². The molecule has 19 heavy (non-hydrogen) atoms. The molecule has 2 rings (SSSR count). The molecule has 1 unspecified atom stereocenters. The molecular formula is C14H13ClF2N2. The van der Waals surface area contributed by atoms with Crippen molar-refractivity contribution in [3.8, 4) is 0 Å². The molecule has 1 atom stereocenters. The highest BCUT2D eigenvalue weighted by atomic mass is 35.5. The van der Waals surface area contributed by atoms with Crippen LogP contribution in [0.25, 0.3) is 0 Å². The molecule has 5 heteroatoms. The summed E-state index contributed by atoms with van der Waals surface area (Å²) in [6, 6.07) is 5.27. The van der Waals surface area contributed by atoms with Gasteiger partial charge >= 0.3 is 0 Å². The zero-order valence-corrected chi connectivity index (χ0v) is 11.1. The van der Waals surface area contributed by atoms with Gasteiger partial charge in [-0.3, -0.25) is 4.98 Å². The van der Waals surface area contributed by atoms with Crippen LogP contribution >= 0.6 is 11.6 Å². The van der Waals surface area contributed by atoms with Crippen molar-refractivity contribution in [1.82, 2.24) is 10.3 Å². The number of nitrogens with one attached hydrogen (secondary N) is 1. The maximum Gasteiger partial charge on any atom is 0.141 e. The zero-order chi connectivity index (χ0) is 13.8. The van der Waals surface area contributed by atoms with Gasteiger partial charge in [-0.25, -0.2) is 8.78 Å². The second kappa shape index (κ2) is 6.08. The Morgan fingerprint density at radius 1 is 1.32 bits per heavy atom.